The molecule has 1 aliphatic carbocycles. The average molecular weight is 390 g/mol. The number of amides is 1. The maximum absolute atomic E-state index is 13.7. The molecule has 1 aromatic heterocycles. The summed E-state index contributed by atoms with van der Waals surface area (Å²) in [5.41, 5.74) is 1.73. The van der Waals surface area contributed by atoms with Crippen LogP contribution in [0.15, 0.2) is 24.3 Å². The number of carbonyl (C=O) groups is 2. The van der Waals surface area contributed by atoms with Crippen LogP contribution >= 0.6 is 11.3 Å². The minimum absolute atomic E-state index is 0.0951. The zero-order valence-corrected chi connectivity index (χ0v) is 16.2. The number of halogens is 1. The third-order valence-electron chi connectivity index (χ3n) is 4.56. The van der Waals surface area contributed by atoms with Crippen molar-refractivity contribution in [2.75, 3.05) is 23.8 Å². The molecule has 144 valence electrons. The highest BCUT2D eigenvalue weighted by atomic mass is 32.1. The lowest BCUT2D eigenvalue weighted by Crippen LogP contribution is -2.23. The summed E-state index contributed by atoms with van der Waals surface area (Å²) in [7, 11) is 0. The highest BCUT2D eigenvalue weighted by Crippen LogP contribution is 2.40. The average Bonchev–Trinajstić information content (AvgIpc) is 2.98. The van der Waals surface area contributed by atoms with Crippen molar-refractivity contribution in [2.45, 2.75) is 33.1 Å². The van der Waals surface area contributed by atoms with E-state index in [1.54, 1.807) is 25.1 Å². The van der Waals surface area contributed by atoms with Crippen LogP contribution in [0.3, 0.4) is 0 Å². The van der Waals surface area contributed by atoms with E-state index in [2.05, 4.69) is 17.6 Å². The molecule has 0 unspecified atom stereocenters. The van der Waals surface area contributed by atoms with E-state index in [4.69, 9.17) is 4.74 Å². The molecule has 1 aromatic carbocycles. The molecule has 0 aliphatic heterocycles. The standard InChI is InChI=1S/C20H23FN2O3S/c1-3-26-20(25)18-13-9-8-12(2)10-16(13)27-19(18)23-17(24)11-22-15-7-5-4-6-14(15)21/h4-7,12,22H,3,8-11H2,1-2H3,(H,23,24)/t12-/m1/s1. The van der Waals surface area contributed by atoms with Crippen LogP contribution in [0, 0.1) is 11.7 Å². The predicted molar refractivity (Wildman–Crippen MR) is 105 cm³/mol. The van der Waals surface area contributed by atoms with E-state index >= 15 is 0 Å². The van der Waals surface area contributed by atoms with E-state index in [-0.39, 0.29) is 24.7 Å². The van der Waals surface area contributed by atoms with Crippen LogP contribution in [0.25, 0.3) is 0 Å². The monoisotopic (exact) mass is 390 g/mol. The first kappa shape index (κ1) is 19.4. The van der Waals surface area contributed by atoms with Crippen LogP contribution in [-0.4, -0.2) is 25.0 Å². The van der Waals surface area contributed by atoms with Gasteiger partial charge < -0.3 is 15.4 Å². The van der Waals surface area contributed by atoms with Crippen molar-refractivity contribution >= 4 is 33.9 Å². The van der Waals surface area contributed by atoms with Gasteiger partial charge in [0, 0.05) is 4.88 Å². The van der Waals surface area contributed by atoms with E-state index in [1.807, 2.05) is 0 Å². The Labute approximate surface area is 161 Å². The molecule has 3 rings (SSSR count). The molecular formula is C20H23FN2O3S. The van der Waals surface area contributed by atoms with Gasteiger partial charge in [0.25, 0.3) is 0 Å². The fourth-order valence-electron chi connectivity index (χ4n) is 3.21. The second kappa shape index (κ2) is 8.52. The van der Waals surface area contributed by atoms with Crippen LogP contribution in [0.4, 0.5) is 15.1 Å². The van der Waals surface area contributed by atoms with Gasteiger partial charge in [-0.05, 0) is 49.8 Å². The van der Waals surface area contributed by atoms with E-state index in [0.29, 0.717) is 16.5 Å². The molecular weight excluding hydrogens is 367 g/mol. The van der Waals surface area contributed by atoms with Crippen molar-refractivity contribution in [1.82, 2.24) is 0 Å². The minimum Gasteiger partial charge on any atom is -0.462 e. The van der Waals surface area contributed by atoms with Crippen LogP contribution in [-0.2, 0) is 22.4 Å². The zero-order valence-electron chi connectivity index (χ0n) is 15.4. The summed E-state index contributed by atoms with van der Waals surface area (Å²) in [6.45, 7) is 4.13. The first-order valence-corrected chi connectivity index (χ1v) is 9.91. The lowest BCUT2D eigenvalue weighted by Gasteiger charge is -2.18. The fourth-order valence-corrected chi connectivity index (χ4v) is 4.62. The molecule has 27 heavy (non-hydrogen) atoms. The van der Waals surface area contributed by atoms with E-state index in [0.717, 1.165) is 29.7 Å². The van der Waals surface area contributed by atoms with Crippen molar-refractivity contribution in [3.63, 3.8) is 0 Å². The van der Waals surface area contributed by atoms with Crippen LogP contribution in [0.5, 0.6) is 0 Å². The molecule has 0 saturated heterocycles. The van der Waals surface area contributed by atoms with Crippen LogP contribution in [0.1, 0.15) is 41.1 Å². The Morgan fingerprint density at radius 1 is 1.33 bits per heavy atom. The van der Waals surface area contributed by atoms with Crippen molar-refractivity contribution < 1.29 is 18.7 Å². The molecule has 0 radical (unpaired) electrons. The normalized spacial score (nSPS) is 15.7. The van der Waals surface area contributed by atoms with Gasteiger partial charge in [-0.2, -0.15) is 0 Å². The maximum atomic E-state index is 13.7. The molecule has 5 nitrogen and oxygen atoms in total. The summed E-state index contributed by atoms with van der Waals surface area (Å²) in [4.78, 5) is 26.0. The second-order valence-corrected chi connectivity index (χ2v) is 7.76. The van der Waals surface area contributed by atoms with Crippen molar-refractivity contribution in [2.24, 2.45) is 5.92 Å². The van der Waals surface area contributed by atoms with Gasteiger partial charge in [-0.3, -0.25) is 4.79 Å². The van der Waals surface area contributed by atoms with Gasteiger partial charge in [0.15, 0.2) is 0 Å². The molecule has 0 fully saturated rings. The second-order valence-electron chi connectivity index (χ2n) is 6.66. The number of hydrogen-bond donors (Lipinski definition) is 2. The zero-order chi connectivity index (χ0) is 19.4. The number of rotatable bonds is 6. The molecule has 7 heteroatoms. The highest BCUT2D eigenvalue weighted by Gasteiger charge is 2.29. The molecule has 0 spiro atoms. The molecule has 0 saturated carbocycles. The van der Waals surface area contributed by atoms with Crippen LogP contribution < -0.4 is 10.6 Å². The van der Waals surface area contributed by atoms with Gasteiger partial charge in [-0.15, -0.1) is 11.3 Å². The number of esters is 1. The Bertz CT molecular complexity index is 850. The van der Waals surface area contributed by atoms with Crippen molar-refractivity contribution in [1.29, 1.82) is 0 Å². The van der Waals surface area contributed by atoms with E-state index in [9.17, 15) is 14.0 Å². The molecule has 1 heterocycles. The number of para-hydroxylation sites is 1. The Balaban J connectivity index is 1.76. The number of ether oxygens (including phenoxy) is 1. The number of carbonyl (C=O) groups excluding carboxylic acids is 2. The van der Waals surface area contributed by atoms with Crippen LogP contribution in [0.2, 0.25) is 0 Å². The first-order valence-electron chi connectivity index (χ1n) is 9.09. The Hall–Kier alpha value is -2.41. The molecule has 1 aliphatic rings. The fraction of sp³-hybridized carbons (Fsp3) is 0.400. The number of thiophene rings is 1. The van der Waals surface area contributed by atoms with E-state index < -0.39 is 11.8 Å². The summed E-state index contributed by atoms with van der Waals surface area (Å²) in [5.74, 6) is -0.604. The predicted octanol–water partition coefficient (Wildman–Crippen LogP) is 4.24. The molecule has 2 aromatic rings. The highest BCUT2D eigenvalue weighted by molar-refractivity contribution is 7.17. The Morgan fingerprint density at radius 2 is 2.11 bits per heavy atom. The summed E-state index contributed by atoms with van der Waals surface area (Å²) in [6.07, 6.45) is 2.72. The molecule has 2 N–H and O–H groups in total. The third-order valence-corrected chi connectivity index (χ3v) is 5.73. The van der Waals surface area contributed by atoms with Crippen molar-refractivity contribution in [3.05, 3.63) is 46.1 Å². The largest absolute Gasteiger partial charge is 0.462 e. The molecule has 1 amide bonds. The molecule has 1 atom stereocenters. The SMILES string of the molecule is CCOC(=O)c1c(NC(=O)CNc2ccccc2F)sc2c1CC[C@@H](C)C2. The van der Waals surface area contributed by atoms with Crippen molar-refractivity contribution in [3.8, 4) is 0 Å². The lowest BCUT2D eigenvalue weighted by atomic mass is 9.88. The molecule has 0 bridgehead atoms. The number of anilines is 2. The lowest BCUT2D eigenvalue weighted by molar-refractivity contribution is -0.114. The van der Waals surface area contributed by atoms with E-state index in [1.165, 1.54) is 17.4 Å². The number of nitrogens with one attached hydrogen (secondary N) is 2. The topological polar surface area (TPSA) is 67.4 Å². The van der Waals surface area contributed by atoms with Gasteiger partial charge in [-0.1, -0.05) is 19.1 Å². The Morgan fingerprint density at radius 3 is 2.85 bits per heavy atom. The minimum atomic E-state index is -0.418. The summed E-state index contributed by atoms with van der Waals surface area (Å²) in [6, 6.07) is 6.17. The maximum Gasteiger partial charge on any atom is 0.341 e. The Kier molecular flexibility index (Phi) is 6.11. The van der Waals surface area contributed by atoms with Gasteiger partial charge >= 0.3 is 5.97 Å². The first-order chi connectivity index (χ1) is 13.0. The number of hydrogen-bond acceptors (Lipinski definition) is 5. The summed E-state index contributed by atoms with van der Waals surface area (Å²) in [5, 5.41) is 6.10. The van der Waals surface area contributed by atoms with Gasteiger partial charge in [0.05, 0.1) is 24.4 Å². The number of fused-ring (bicyclic) bond motifs is 1. The smallest absolute Gasteiger partial charge is 0.341 e. The number of benzene rings is 1. The quantitative estimate of drug-likeness (QED) is 0.724. The van der Waals surface area contributed by atoms with Gasteiger partial charge in [0.1, 0.15) is 10.8 Å². The summed E-state index contributed by atoms with van der Waals surface area (Å²) >= 11 is 1.44. The summed E-state index contributed by atoms with van der Waals surface area (Å²) < 4.78 is 18.9. The van der Waals surface area contributed by atoms with Gasteiger partial charge in [-0.25, -0.2) is 9.18 Å². The van der Waals surface area contributed by atoms with Gasteiger partial charge in [0.2, 0.25) is 5.91 Å². The third kappa shape index (κ3) is 4.47.